The van der Waals surface area contributed by atoms with E-state index in [4.69, 9.17) is 0 Å². The summed E-state index contributed by atoms with van der Waals surface area (Å²) in [4.78, 5) is 11.3. The van der Waals surface area contributed by atoms with Gasteiger partial charge in [-0.1, -0.05) is 30.3 Å². The highest BCUT2D eigenvalue weighted by atomic mass is 127. The molecule has 160 valence electrons. The highest BCUT2D eigenvalue weighted by Gasteiger charge is 2.21. The summed E-state index contributed by atoms with van der Waals surface area (Å²) in [5, 5.41) is 11.5. The van der Waals surface area contributed by atoms with E-state index >= 15 is 0 Å². The summed E-state index contributed by atoms with van der Waals surface area (Å²) in [7, 11) is 4.01. The van der Waals surface area contributed by atoms with Crippen LogP contribution in [0, 0.1) is 6.92 Å². The molecule has 0 amide bonds. The van der Waals surface area contributed by atoms with Crippen molar-refractivity contribution < 1.29 is 0 Å². The van der Waals surface area contributed by atoms with Crippen LogP contribution in [0.3, 0.4) is 0 Å². The van der Waals surface area contributed by atoms with Crippen LogP contribution in [0.1, 0.15) is 37.0 Å². The minimum atomic E-state index is 0. The highest BCUT2D eigenvalue weighted by Crippen LogP contribution is 2.13. The van der Waals surface area contributed by atoms with Gasteiger partial charge in [0.25, 0.3) is 0 Å². The largest absolute Gasteiger partial charge is 0.356 e. The van der Waals surface area contributed by atoms with E-state index < -0.39 is 0 Å². The van der Waals surface area contributed by atoms with E-state index in [2.05, 4.69) is 74.9 Å². The van der Waals surface area contributed by atoms with E-state index in [1.807, 2.05) is 18.7 Å². The van der Waals surface area contributed by atoms with E-state index in [0.29, 0.717) is 12.1 Å². The third kappa shape index (κ3) is 6.95. The molecule has 1 aromatic heterocycles. The van der Waals surface area contributed by atoms with Crippen LogP contribution >= 0.6 is 24.0 Å². The maximum atomic E-state index is 4.47. The lowest BCUT2D eigenvalue weighted by molar-refractivity contribution is 0.238. The fourth-order valence-corrected chi connectivity index (χ4v) is 3.59. The average molecular weight is 511 g/mol. The second-order valence-corrected chi connectivity index (χ2v) is 7.67. The van der Waals surface area contributed by atoms with Crippen LogP contribution < -0.4 is 10.6 Å². The molecule has 7 nitrogen and oxygen atoms in total. The number of fused-ring (bicyclic) bond motifs is 1. The van der Waals surface area contributed by atoms with Crippen LogP contribution in [0.5, 0.6) is 0 Å². The van der Waals surface area contributed by atoms with Crippen molar-refractivity contribution in [2.45, 2.75) is 58.3 Å². The molecule has 2 heterocycles. The van der Waals surface area contributed by atoms with Crippen LogP contribution in [0.15, 0.2) is 35.3 Å². The fourth-order valence-electron chi connectivity index (χ4n) is 3.59. The van der Waals surface area contributed by atoms with Crippen molar-refractivity contribution in [1.29, 1.82) is 0 Å². The zero-order chi connectivity index (χ0) is 19.9. The molecule has 2 atom stereocenters. The van der Waals surface area contributed by atoms with Gasteiger partial charge in [0.1, 0.15) is 11.6 Å². The monoisotopic (exact) mass is 511 g/mol. The minimum Gasteiger partial charge on any atom is -0.356 e. The predicted molar refractivity (Wildman–Crippen MR) is 129 cm³/mol. The van der Waals surface area contributed by atoms with Crippen LogP contribution in [-0.2, 0) is 19.5 Å². The maximum Gasteiger partial charge on any atom is 0.191 e. The van der Waals surface area contributed by atoms with Gasteiger partial charge in [0.2, 0.25) is 0 Å². The van der Waals surface area contributed by atoms with Crippen molar-refractivity contribution in [3.05, 3.63) is 47.5 Å². The number of benzene rings is 1. The Morgan fingerprint density at radius 2 is 2.10 bits per heavy atom. The van der Waals surface area contributed by atoms with Crippen LogP contribution in [0.25, 0.3) is 0 Å². The second kappa shape index (κ2) is 11.5. The van der Waals surface area contributed by atoms with Gasteiger partial charge in [-0.15, -0.1) is 24.0 Å². The molecule has 29 heavy (non-hydrogen) atoms. The molecule has 1 aliphatic rings. The first-order valence-corrected chi connectivity index (χ1v) is 10.2. The zero-order valence-electron chi connectivity index (χ0n) is 17.9. The number of nitrogens with one attached hydrogen (secondary N) is 2. The highest BCUT2D eigenvalue weighted by molar-refractivity contribution is 14.0. The smallest absolute Gasteiger partial charge is 0.191 e. The second-order valence-electron chi connectivity index (χ2n) is 7.67. The van der Waals surface area contributed by atoms with Crippen molar-refractivity contribution in [3.63, 3.8) is 0 Å². The van der Waals surface area contributed by atoms with Crippen molar-refractivity contribution in [1.82, 2.24) is 30.3 Å². The molecule has 0 aliphatic carbocycles. The molecule has 2 N–H and O–H groups in total. The Balaban J connectivity index is 0.00000300. The van der Waals surface area contributed by atoms with E-state index in [-0.39, 0.29) is 24.0 Å². The lowest BCUT2D eigenvalue weighted by Crippen LogP contribution is -2.47. The van der Waals surface area contributed by atoms with E-state index in [1.165, 1.54) is 5.56 Å². The Hall–Kier alpha value is -1.68. The summed E-state index contributed by atoms with van der Waals surface area (Å²) in [6, 6.07) is 11.4. The minimum absolute atomic E-state index is 0. The standard InChI is InChI=1S/C21H33N7.HI/c1-16(27(4)14-18-8-6-5-7-9-18)12-13-23-21(22-3)25-19-10-11-20-24-17(2)26-28(20)15-19;/h5-9,16,19H,10-15H2,1-4H3,(H2,22,23,25);1H. The number of aromatic nitrogens is 3. The van der Waals surface area contributed by atoms with Gasteiger partial charge in [0.05, 0.1) is 6.54 Å². The average Bonchev–Trinajstić information content (AvgIpc) is 3.07. The van der Waals surface area contributed by atoms with Crippen molar-refractivity contribution >= 4 is 29.9 Å². The number of guanidine groups is 1. The molecule has 8 heteroatoms. The van der Waals surface area contributed by atoms with Crippen molar-refractivity contribution in [2.24, 2.45) is 4.99 Å². The van der Waals surface area contributed by atoms with Gasteiger partial charge in [-0.05, 0) is 39.3 Å². The Morgan fingerprint density at radius 3 is 2.83 bits per heavy atom. The SMILES string of the molecule is CN=C(NCCC(C)N(C)Cc1ccccc1)NC1CCc2nc(C)nn2C1.I. The van der Waals surface area contributed by atoms with E-state index in [0.717, 1.165) is 56.5 Å². The van der Waals surface area contributed by atoms with Crippen LogP contribution in [0.4, 0.5) is 0 Å². The molecule has 1 aliphatic heterocycles. The maximum absolute atomic E-state index is 4.47. The topological polar surface area (TPSA) is 70.4 Å². The van der Waals surface area contributed by atoms with Gasteiger partial charge in [0.15, 0.2) is 5.96 Å². The number of nitrogens with zero attached hydrogens (tertiary/aromatic N) is 5. The summed E-state index contributed by atoms with van der Waals surface area (Å²) < 4.78 is 2.02. The number of aryl methyl sites for hydroxylation is 2. The van der Waals surface area contributed by atoms with Crippen molar-refractivity contribution in [3.8, 4) is 0 Å². The molecule has 2 unspecified atom stereocenters. The Kier molecular flexibility index (Phi) is 9.35. The Bertz CT molecular complexity index is 775. The number of aliphatic imine (C=N–C) groups is 1. The van der Waals surface area contributed by atoms with E-state index in [1.54, 1.807) is 0 Å². The molecule has 1 aromatic carbocycles. The van der Waals surface area contributed by atoms with Gasteiger partial charge in [0, 0.05) is 38.6 Å². The summed E-state index contributed by atoms with van der Waals surface area (Å²) in [5.74, 6) is 2.81. The van der Waals surface area contributed by atoms with Gasteiger partial charge in [-0.25, -0.2) is 9.67 Å². The fraction of sp³-hybridized carbons (Fsp3) is 0.571. The molecule has 0 bridgehead atoms. The summed E-state index contributed by atoms with van der Waals surface area (Å²) in [6.07, 6.45) is 3.06. The summed E-state index contributed by atoms with van der Waals surface area (Å²) in [5.41, 5.74) is 1.35. The van der Waals surface area contributed by atoms with Gasteiger partial charge < -0.3 is 10.6 Å². The first-order chi connectivity index (χ1) is 13.5. The molecule has 0 spiro atoms. The molecule has 0 fully saturated rings. The summed E-state index contributed by atoms with van der Waals surface area (Å²) in [6.45, 7) is 6.92. The Labute approximate surface area is 191 Å². The lowest BCUT2D eigenvalue weighted by atomic mass is 10.1. The van der Waals surface area contributed by atoms with Gasteiger partial charge in [-0.3, -0.25) is 9.89 Å². The molecular weight excluding hydrogens is 477 g/mol. The van der Waals surface area contributed by atoms with Crippen LogP contribution in [-0.4, -0.2) is 58.3 Å². The zero-order valence-corrected chi connectivity index (χ0v) is 20.3. The quantitative estimate of drug-likeness (QED) is 0.340. The van der Waals surface area contributed by atoms with Crippen LogP contribution in [0.2, 0.25) is 0 Å². The number of hydrogen-bond acceptors (Lipinski definition) is 4. The molecule has 3 rings (SSSR count). The lowest BCUT2D eigenvalue weighted by Gasteiger charge is -2.27. The normalized spacial score (nSPS) is 17.4. The van der Waals surface area contributed by atoms with E-state index in [9.17, 15) is 0 Å². The Morgan fingerprint density at radius 1 is 1.34 bits per heavy atom. The first kappa shape index (κ1) is 23.6. The predicted octanol–water partition coefficient (Wildman–Crippen LogP) is 2.59. The molecule has 0 saturated heterocycles. The summed E-state index contributed by atoms with van der Waals surface area (Å²) >= 11 is 0. The third-order valence-electron chi connectivity index (χ3n) is 5.41. The molecular formula is C21H34IN7. The van der Waals surface area contributed by atoms with Gasteiger partial charge >= 0.3 is 0 Å². The van der Waals surface area contributed by atoms with Crippen molar-refractivity contribution in [2.75, 3.05) is 20.6 Å². The number of rotatable bonds is 7. The first-order valence-electron chi connectivity index (χ1n) is 10.2. The molecule has 0 saturated carbocycles. The molecule has 2 aromatic rings. The number of halogens is 1. The number of hydrogen-bond donors (Lipinski definition) is 2. The van der Waals surface area contributed by atoms with Gasteiger partial charge in [-0.2, -0.15) is 5.10 Å². The molecule has 0 radical (unpaired) electrons. The third-order valence-corrected chi connectivity index (χ3v) is 5.41.